The Hall–Kier alpha value is -2.76. The largest absolute Gasteiger partial charge is 0.383 e. The molecule has 0 unspecified atom stereocenters. The van der Waals surface area contributed by atoms with Gasteiger partial charge in [-0.05, 0) is 17.0 Å². The lowest BCUT2D eigenvalue weighted by Gasteiger charge is -2.13. The fourth-order valence-corrected chi connectivity index (χ4v) is 3.09. The molecule has 0 aliphatic heterocycles. The molecule has 0 amide bonds. The number of nitrogens with zero attached hydrogens (tertiary/aromatic N) is 3. The molecule has 1 heterocycles. The van der Waals surface area contributed by atoms with Crippen LogP contribution in [0, 0.1) is 22.7 Å². The number of pyridine rings is 1. The molecule has 4 nitrogen and oxygen atoms in total. The molecular weight excluding hydrogens is 316 g/mol. The molecule has 0 bridgehead atoms. The quantitative estimate of drug-likeness (QED) is 0.643. The Labute approximate surface area is 146 Å². The Morgan fingerprint density at radius 3 is 2.33 bits per heavy atom. The lowest BCUT2D eigenvalue weighted by Crippen LogP contribution is -2.03. The predicted molar refractivity (Wildman–Crippen MR) is 98.5 cm³/mol. The van der Waals surface area contributed by atoms with Crippen molar-refractivity contribution in [3.05, 3.63) is 53.6 Å². The number of benzene rings is 1. The lowest BCUT2D eigenvalue weighted by atomic mass is 9.94. The van der Waals surface area contributed by atoms with E-state index in [1.165, 1.54) is 17.3 Å². The molecule has 0 spiro atoms. The zero-order chi connectivity index (χ0) is 17.7. The summed E-state index contributed by atoms with van der Waals surface area (Å²) in [6.45, 7) is 7.91. The average molecular weight is 334 g/mol. The lowest BCUT2D eigenvalue weighted by molar-refractivity contribution is 0.867. The first kappa shape index (κ1) is 17.6. The van der Waals surface area contributed by atoms with Crippen molar-refractivity contribution >= 4 is 17.6 Å². The number of nitrogens with two attached hydrogens (primary N) is 1. The van der Waals surface area contributed by atoms with E-state index in [1.807, 2.05) is 24.3 Å². The number of hydrogen-bond acceptors (Lipinski definition) is 5. The van der Waals surface area contributed by atoms with Gasteiger partial charge in [-0.15, -0.1) is 18.3 Å². The molecule has 2 N–H and O–H groups in total. The van der Waals surface area contributed by atoms with Crippen LogP contribution >= 0.6 is 11.8 Å². The summed E-state index contributed by atoms with van der Waals surface area (Å²) in [6, 6.07) is 12.1. The van der Waals surface area contributed by atoms with Gasteiger partial charge in [0.15, 0.2) is 0 Å². The molecule has 0 aliphatic carbocycles. The van der Waals surface area contributed by atoms with Gasteiger partial charge in [0.25, 0.3) is 0 Å². The number of hydrogen-bond donors (Lipinski definition) is 1. The highest BCUT2D eigenvalue weighted by atomic mass is 32.2. The van der Waals surface area contributed by atoms with E-state index in [9.17, 15) is 10.5 Å². The van der Waals surface area contributed by atoms with E-state index >= 15 is 0 Å². The molecule has 24 heavy (non-hydrogen) atoms. The molecule has 2 aromatic rings. The van der Waals surface area contributed by atoms with E-state index in [-0.39, 0.29) is 11.4 Å². The summed E-state index contributed by atoms with van der Waals surface area (Å²) < 4.78 is 0. The molecule has 0 saturated carbocycles. The second-order valence-electron chi connectivity index (χ2n) is 5.53. The minimum atomic E-state index is 0.144. The summed E-state index contributed by atoms with van der Waals surface area (Å²) in [5, 5.41) is 19.6. The molecule has 2 rings (SSSR count). The Balaban J connectivity index is 2.70. The van der Waals surface area contributed by atoms with Crippen LogP contribution in [0.25, 0.3) is 11.1 Å². The van der Waals surface area contributed by atoms with Crippen LogP contribution in [0.1, 0.15) is 36.5 Å². The molecule has 0 radical (unpaired) electrons. The first-order valence-corrected chi connectivity index (χ1v) is 8.49. The van der Waals surface area contributed by atoms with Gasteiger partial charge in [-0.1, -0.05) is 44.2 Å². The number of nitrogen functional groups attached to an aromatic ring is 1. The van der Waals surface area contributed by atoms with Crippen molar-refractivity contribution in [1.82, 2.24) is 4.98 Å². The van der Waals surface area contributed by atoms with E-state index in [0.717, 1.165) is 5.56 Å². The molecule has 0 aliphatic rings. The third-order valence-corrected chi connectivity index (χ3v) is 4.59. The Kier molecular flexibility index (Phi) is 5.63. The van der Waals surface area contributed by atoms with Crippen molar-refractivity contribution < 1.29 is 0 Å². The standard InChI is InChI=1S/C19H18N4S/c1-4-9-24-19-16(11-21)17(15(10-20)18(22)23-19)14-7-5-13(6-8-14)12(2)3/h4-8,12H,1,9H2,2-3H3,(H2,22,23). The summed E-state index contributed by atoms with van der Waals surface area (Å²) in [5.41, 5.74) is 9.12. The average Bonchev–Trinajstić information content (AvgIpc) is 2.59. The number of nitriles is 2. The van der Waals surface area contributed by atoms with Gasteiger partial charge in [-0.3, -0.25) is 0 Å². The first-order chi connectivity index (χ1) is 11.5. The molecule has 0 atom stereocenters. The number of rotatable bonds is 5. The summed E-state index contributed by atoms with van der Waals surface area (Å²) in [5.74, 6) is 1.16. The SMILES string of the molecule is C=CCSc1nc(N)c(C#N)c(-c2ccc(C(C)C)cc2)c1C#N. The molecule has 120 valence electrons. The first-order valence-electron chi connectivity index (χ1n) is 7.51. The Morgan fingerprint density at radius 1 is 1.21 bits per heavy atom. The minimum absolute atomic E-state index is 0.144. The van der Waals surface area contributed by atoms with Gasteiger partial charge in [0.2, 0.25) is 0 Å². The van der Waals surface area contributed by atoms with Gasteiger partial charge in [-0.25, -0.2) is 4.98 Å². The van der Waals surface area contributed by atoms with Gasteiger partial charge < -0.3 is 5.73 Å². The molecule has 5 heteroatoms. The fraction of sp³-hybridized carbons (Fsp3) is 0.211. The maximum absolute atomic E-state index is 9.63. The fourth-order valence-electron chi connectivity index (χ4n) is 2.36. The molecule has 0 saturated heterocycles. The van der Waals surface area contributed by atoms with E-state index in [0.29, 0.717) is 27.8 Å². The summed E-state index contributed by atoms with van der Waals surface area (Å²) >= 11 is 1.38. The normalized spacial score (nSPS) is 10.2. The highest BCUT2D eigenvalue weighted by Gasteiger charge is 2.20. The smallest absolute Gasteiger partial charge is 0.143 e. The van der Waals surface area contributed by atoms with Crippen LogP contribution in [-0.2, 0) is 0 Å². The third kappa shape index (κ3) is 3.42. The van der Waals surface area contributed by atoms with Crippen molar-refractivity contribution in [2.75, 3.05) is 11.5 Å². The van der Waals surface area contributed by atoms with Gasteiger partial charge in [0.05, 0.1) is 5.56 Å². The zero-order valence-corrected chi connectivity index (χ0v) is 14.5. The highest BCUT2D eigenvalue weighted by molar-refractivity contribution is 7.99. The predicted octanol–water partition coefficient (Wildman–Crippen LogP) is 4.48. The van der Waals surface area contributed by atoms with Crippen molar-refractivity contribution in [1.29, 1.82) is 10.5 Å². The topological polar surface area (TPSA) is 86.5 Å². The van der Waals surface area contributed by atoms with Crippen LogP contribution in [-0.4, -0.2) is 10.7 Å². The van der Waals surface area contributed by atoms with E-state index in [4.69, 9.17) is 5.73 Å². The van der Waals surface area contributed by atoms with Crippen molar-refractivity contribution in [2.45, 2.75) is 24.8 Å². The second kappa shape index (κ2) is 7.68. The molecule has 0 fully saturated rings. The zero-order valence-electron chi connectivity index (χ0n) is 13.7. The third-order valence-electron chi connectivity index (χ3n) is 3.62. The van der Waals surface area contributed by atoms with Crippen LogP contribution < -0.4 is 5.73 Å². The van der Waals surface area contributed by atoms with E-state index < -0.39 is 0 Å². The van der Waals surface area contributed by atoms with Crippen molar-refractivity contribution in [2.24, 2.45) is 0 Å². The molecular formula is C19H18N4S. The number of thioether (sulfide) groups is 1. The second-order valence-corrected chi connectivity index (χ2v) is 6.54. The summed E-state index contributed by atoms with van der Waals surface area (Å²) in [4.78, 5) is 4.23. The van der Waals surface area contributed by atoms with Crippen molar-refractivity contribution in [3.8, 4) is 23.3 Å². The maximum atomic E-state index is 9.63. The van der Waals surface area contributed by atoms with Crippen molar-refractivity contribution in [3.63, 3.8) is 0 Å². The van der Waals surface area contributed by atoms with Crippen LogP contribution in [0.3, 0.4) is 0 Å². The van der Waals surface area contributed by atoms with Crippen LogP contribution in [0.15, 0.2) is 41.9 Å². The minimum Gasteiger partial charge on any atom is -0.383 e. The summed E-state index contributed by atoms with van der Waals surface area (Å²) in [7, 11) is 0. The van der Waals surface area contributed by atoms with Gasteiger partial charge >= 0.3 is 0 Å². The van der Waals surface area contributed by atoms with Crippen LogP contribution in [0.5, 0.6) is 0 Å². The van der Waals surface area contributed by atoms with E-state index in [1.54, 1.807) is 6.08 Å². The van der Waals surface area contributed by atoms with Gasteiger partial charge in [0.1, 0.15) is 28.5 Å². The summed E-state index contributed by atoms with van der Waals surface area (Å²) in [6.07, 6.45) is 1.74. The molecule has 1 aromatic heterocycles. The highest BCUT2D eigenvalue weighted by Crippen LogP contribution is 2.36. The Morgan fingerprint density at radius 2 is 1.83 bits per heavy atom. The maximum Gasteiger partial charge on any atom is 0.143 e. The Bertz CT molecular complexity index is 840. The monoisotopic (exact) mass is 334 g/mol. The number of anilines is 1. The number of aromatic nitrogens is 1. The van der Waals surface area contributed by atoms with E-state index in [2.05, 4.69) is 37.5 Å². The molecule has 1 aromatic carbocycles. The van der Waals surface area contributed by atoms with Gasteiger partial charge in [0, 0.05) is 11.3 Å². The van der Waals surface area contributed by atoms with Gasteiger partial charge in [-0.2, -0.15) is 10.5 Å². The van der Waals surface area contributed by atoms with Crippen LogP contribution in [0.2, 0.25) is 0 Å². The van der Waals surface area contributed by atoms with Crippen LogP contribution in [0.4, 0.5) is 5.82 Å².